The summed E-state index contributed by atoms with van der Waals surface area (Å²) in [6.45, 7) is 8.90. The Morgan fingerprint density at radius 2 is 1.24 bits per heavy atom. The third-order valence-electron chi connectivity index (χ3n) is 5.55. The zero-order valence-electron chi connectivity index (χ0n) is 13.0. The van der Waals surface area contributed by atoms with E-state index in [1.165, 1.54) is 27.8 Å². The summed E-state index contributed by atoms with van der Waals surface area (Å²) in [6.07, 6.45) is 0. The maximum atomic E-state index is 6.57. The fourth-order valence-electron chi connectivity index (χ4n) is 4.12. The molecular formula is C20H20O. The molecule has 0 aromatic heterocycles. The van der Waals surface area contributed by atoms with Gasteiger partial charge in [0.1, 0.15) is 0 Å². The van der Waals surface area contributed by atoms with Crippen molar-refractivity contribution in [2.24, 2.45) is 5.41 Å². The predicted octanol–water partition coefficient (Wildman–Crippen LogP) is 5.26. The number of hydrogen-bond acceptors (Lipinski definition) is 1. The Kier molecular flexibility index (Phi) is 2.29. The third-order valence-corrected chi connectivity index (χ3v) is 5.55. The van der Waals surface area contributed by atoms with E-state index in [0.717, 1.165) is 5.76 Å². The van der Waals surface area contributed by atoms with E-state index in [1.807, 2.05) is 0 Å². The molecule has 0 atom stereocenters. The Morgan fingerprint density at radius 1 is 0.762 bits per heavy atom. The molecule has 106 valence electrons. The summed E-state index contributed by atoms with van der Waals surface area (Å²) in [5, 5.41) is 0. The Balaban J connectivity index is 2.12. The van der Waals surface area contributed by atoms with Gasteiger partial charge in [-0.25, -0.2) is 0 Å². The first kappa shape index (κ1) is 12.7. The SMILES string of the molecule is CC1=C(C)C(C)(C)C2(O1)c1ccccc1-c1ccccc12. The van der Waals surface area contributed by atoms with Crippen LogP contribution in [0.15, 0.2) is 59.9 Å². The smallest absolute Gasteiger partial charge is 0.168 e. The highest BCUT2D eigenvalue weighted by Gasteiger charge is 2.59. The van der Waals surface area contributed by atoms with Gasteiger partial charge in [-0.1, -0.05) is 62.4 Å². The van der Waals surface area contributed by atoms with Gasteiger partial charge in [0, 0.05) is 16.5 Å². The van der Waals surface area contributed by atoms with Crippen LogP contribution in [-0.4, -0.2) is 0 Å². The molecular weight excluding hydrogens is 256 g/mol. The molecule has 1 heteroatoms. The lowest BCUT2D eigenvalue weighted by molar-refractivity contribution is -0.00526. The van der Waals surface area contributed by atoms with Crippen molar-refractivity contribution in [3.05, 3.63) is 71.0 Å². The van der Waals surface area contributed by atoms with Gasteiger partial charge in [-0.05, 0) is 30.5 Å². The zero-order chi connectivity index (χ0) is 14.8. The van der Waals surface area contributed by atoms with Crippen molar-refractivity contribution < 1.29 is 4.74 Å². The maximum Gasteiger partial charge on any atom is 0.168 e. The highest BCUT2D eigenvalue weighted by molar-refractivity contribution is 5.81. The molecule has 0 radical (unpaired) electrons. The number of benzene rings is 2. The van der Waals surface area contributed by atoms with Gasteiger partial charge >= 0.3 is 0 Å². The van der Waals surface area contributed by atoms with Gasteiger partial charge < -0.3 is 4.74 Å². The van der Waals surface area contributed by atoms with E-state index >= 15 is 0 Å². The molecule has 0 saturated carbocycles. The van der Waals surface area contributed by atoms with Crippen molar-refractivity contribution in [1.29, 1.82) is 0 Å². The molecule has 21 heavy (non-hydrogen) atoms. The maximum absolute atomic E-state index is 6.57. The number of ether oxygens (including phenoxy) is 1. The lowest BCUT2D eigenvalue weighted by Gasteiger charge is -2.40. The molecule has 0 N–H and O–H groups in total. The molecule has 2 aromatic rings. The van der Waals surface area contributed by atoms with Gasteiger partial charge in [0.25, 0.3) is 0 Å². The van der Waals surface area contributed by atoms with E-state index < -0.39 is 0 Å². The summed E-state index contributed by atoms with van der Waals surface area (Å²) in [4.78, 5) is 0. The minimum atomic E-state index is -0.381. The molecule has 1 aliphatic carbocycles. The Bertz CT molecular complexity index is 734. The summed E-state index contributed by atoms with van der Waals surface area (Å²) in [5.74, 6) is 1.06. The second-order valence-corrected chi connectivity index (χ2v) is 6.68. The second-order valence-electron chi connectivity index (χ2n) is 6.68. The van der Waals surface area contributed by atoms with Gasteiger partial charge in [0.2, 0.25) is 0 Å². The molecule has 2 aromatic carbocycles. The Morgan fingerprint density at radius 3 is 1.67 bits per heavy atom. The minimum absolute atomic E-state index is 0.0558. The van der Waals surface area contributed by atoms with Crippen LogP contribution in [-0.2, 0) is 10.3 Å². The molecule has 0 unspecified atom stereocenters. The summed E-state index contributed by atoms with van der Waals surface area (Å²) < 4.78 is 6.57. The van der Waals surface area contributed by atoms with Crippen LogP contribution >= 0.6 is 0 Å². The van der Waals surface area contributed by atoms with E-state index in [0.29, 0.717) is 0 Å². The Labute approximate surface area is 126 Å². The van der Waals surface area contributed by atoms with E-state index in [-0.39, 0.29) is 11.0 Å². The van der Waals surface area contributed by atoms with Gasteiger partial charge in [-0.15, -0.1) is 0 Å². The van der Waals surface area contributed by atoms with Crippen LogP contribution < -0.4 is 0 Å². The quantitative estimate of drug-likeness (QED) is 0.637. The lowest BCUT2D eigenvalue weighted by Crippen LogP contribution is -2.40. The molecule has 1 aliphatic heterocycles. The van der Waals surface area contributed by atoms with Crippen molar-refractivity contribution in [3.8, 4) is 11.1 Å². The van der Waals surface area contributed by atoms with E-state index in [2.05, 4.69) is 76.2 Å². The highest BCUT2D eigenvalue weighted by atomic mass is 16.5. The Hall–Kier alpha value is -2.02. The van der Waals surface area contributed by atoms with Crippen LogP contribution in [0.5, 0.6) is 0 Å². The molecule has 4 rings (SSSR count). The number of fused-ring (bicyclic) bond motifs is 5. The van der Waals surface area contributed by atoms with Gasteiger partial charge in [0.15, 0.2) is 5.60 Å². The summed E-state index contributed by atoms with van der Waals surface area (Å²) in [5.41, 5.74) is 6.12. The third kappa shape index (κ3) is 1.28. The topological polar surface area (TPSA) is 9.23 Å². The van der Waals surface area contributed by atoms with E-state index in [1.54, 1.807) is 0 Å². The fourth-order valence-corrected chi connectivity index (χ4v) is 4.12. The first-order valence-corrected chi connectivity index (χ1v) is 7.56. The summed E-state index contributed by atoms with van der Waals surface area (Å²) in [7, 11) is 0. The monoisotopic (exact) mass is 276 g/mol. The first-order chi connectivity index (χ1) is 10.00. The fraction of sp³-hybridized carbons (Fsp3) is 0.300. The predicted molar refractivity (Wildman–Crippen MR) is 85.9 cm³/mol. The molecule has 0 amide bonds. The summed E-state index contributed by atoms with van der Waals surface area (Å²) in [6, 6.07) is 17.3. The van der Waals surface area contributed by atoms with Crippen molar-refractivity contribution in [2.45, 2.75) is 33.3 Å². The molecule has 1 heterocycles. The normalized spacial score (nSPS) is 20.4. The van der Waals surface area contributed by atoms with Gasteiger partial charge in [0.05, 0.1) is 5.76 Å². The zero-order valence-corrected chi connectivity index (χ0v) is 13.0. The van der Waals surface area contributed by atoms with Crippen LogP contribution in [0.1, 0.15) is 38.8 Å². The van der Waals surface area contributed by atoms with Crippen LogP contribution in [0.25, 0.3) is 11.1 Å². The average molecular weight is 276 g/mol. The van der Waals surface area contributed by atoms with Crippen LogP contribution in [0, 0.1) is 5.41 Å². The van der Waals surface area contributed by atoms with Crippen molar-refractivity contribution in [2.75, 3.05) is 0 Å². The minimum Gasteiger partial charge on any atom is -0.482 e. The molecule has 0 saturated heterocycles. The standard InChI is InChI=1S/C20H20O/c1-13-14(2)21-20(19(13,3)4)17-11-7-5-9-15(17)16-10-6-8-12-18(16)20/h5-12H,1-4H3. The van der Waals surface area contributed by atoms with E-state index in [4.69, 9.17) is 4.74 Å². The van der Waals surface area contributed by atoms with Crippen LogP contribution in [0.3, 0.4) is 0 Å². The van der Waals surface area contributed by atoms with Crippen LogP contribution in [0.4, 0.5) is 0 Å². The van der Waals surface area contributed by atoms with Crippen LogP contribution in [0.2, 0.25) is 0 Å². The second kappa shape index (κ2) is 3.79. The first-order valence-electron chi connectivity index (χ1n) is 7.56. The van der Waals surface area contributed by atoms with E-state index in [9.17, 15) is 0 Å². The number of allylic oxidation sites excluding steroid dienone is 1. The van der Waals surface area contributed by atoms with Gasteiger partial charge in [-0.3, -0.25) is 0 Å². The average Bonchev–Trinajstić information content (AvgIpc) is 2.88. The number of hydrogen-bond donors (Lipinski definition) is 0. The summed E-state index contributed by atoms with van der Waals surface area (Å²) >= 11 is 0. The highest BCUT2D eigenvalue weighted by Crippen LogP contribution is 2.64. The van der Waals surface area contributed by atoms with Crippen molar-refractivity contribution >= 4 is 0 Å². The largest absolute Gasteiger partial charge is 0.482 e. The molecule has 1 spiro atoms. The molecule has 0 bridgehead atoms. The molecule has 1 nitrogen and oxygen atoms in total. The number of rotatable bonds is 0. The van der Waals surface area contributed by atoms with Crippen molar-refractivity contribution in [1.82, 2.24) is 0 Å². The van der Waals surface area contributed by atoms with Crippen molar-refractivity contribution in [3.63, 3.8) is 0 Å². The molecule has 2 aliphatic rings. The molecule has 0 fully saturated rings. The lowest BCUT2D eigenvalue weighted by atomic mass is 9.67. The van der Waals surface area contributed by atoms with Gasteiger partial charge in [-0.2, -0.15) is 0 Å².